The van der Waals surface area contributed by atoms with Crippen LogP contribution < -0.4 is 11.1 Å². The molecule has 2 aromatic rings. The van der Waals surface area contributed by atoms with E-state index in [1.54, 1.807) is 24.7 Å². The summed E-state index contributed by atoms with van der Waals surface area (Å²) in [5, 5.41) is 3.11. The predicted molar refractivity (Wildman–Crippen MR) is 77.6 cm³/mol. The molecule has 6 heteroatoms. The van der Waals surface area contributed by atoms with Gasteiger partial charge in [-0.2, -0.15) is 0 Å². The van der Waals surface area contributed by atoms with E-state index in [0.29, 0.717) is 17.8 Å². The molecule has 1 atom stereocenters. The molecule has 0 radical (unpaired) electrons. The molecule has 0 fully saturated rings. The van der Waals surface area contributed by atoms with Gasteiger partial charge in [0.2, 0.25) is 0 Å². The number of anilines is 1. The summed E-state index contributed by atoms with van der Waals surface area (Å²) in [6.07, 6.45) is 5.30. The summed E-state index contributed by atoms with van der Waals surface area (Å²) in [7, 11) is 0. The molecular weight excluding hydrogens is 263 g/mol. The number of hydrogen-bond donors (Lipinski definition) is 2. The molecule has 2 rings (SSSR count). The number of nitrogens with one attached hydrogen (secondary N) is 1. The number of nitrogens with zero attached hydrogens (tertiary/aromatic N) is 2. The smallest absolute Gasteiger partial charge is 0.146 e. The summed E-state index contributed by atoms with van der Waals surface area (Å²) in [5.41, 5.74) is 6.42. The third-order valence-corrected chi connectivity index (χ3v) is 2.94. The number of hydrogen-bond acceptors (Lipinski definition) is 3. The Labute approximate surface area is 116 Å². The van der Waals surface area contributed by atoms with Crippen molar-refractivity contribution in [1.82, 2.24) is 9.55 Å². The van der Waals surface area contributed by atoms with E-state index in [0.717, 1.165) is 0 Å². The fourth-order valence-corrected chi connectivity index (χ4v) is 1.93. The third kappa shape index (κ3) is 3.51. The Hall–Kier alpha value is -1.95. The number of aromatic nitrogens is 2. The quantitative estimate of drug-likeness (QED) is 0.823. The van der Waals surface area contributed by atoms with Gasteiger partial charge in [-0.1, -0.05) is 12.2 Å². The minimum absolute atomic E-state index is 0.0689. The molecule has 1 heterocycles. The van der Waals surface area contributed by atoms with E-state index >= 15 is 0 Å². The summed E-state index contributed by atoms with van der Waals surface area (Å²) >= 11 is 4.81. The first-order valence-electron chi connectivity index (χ1n) is 5.88. The molecule has 0 saturated carbocycles. The van der Waals surface area contributed by atoms with E-state index in [9.17, 15) is 4.39 Å². The zero-order chi connectivity index (χ0) is 13.8. The van der Waals surface area contributed by atoms with Crippen LogP contribution in [0.2, 0.25) is 0 Å². The van der Waals surface area contributed by atoms with E-state index in [2.05, 4.69) is 10.3 Å². The van der Waals surface area contributed by atoms with Crippen molar-refractivity contribution in [3.63, 3.8) is 0 Å². The second kappa shape index (κ2) is 5.79. The van der Waals surface area contributed by atoms with Crippen molar-refractivity contribution in [1.29, 1.82) is 0 Å². The largest absolute Gasteiger partial charge is 0.389 e. The number of halogens is 1. The first-order chi connectivity index (χ1) is 9.06. The molecule has 0 aliphatic carbocycles. The van der Waals surface area contributed by atoms with Gasteiger partial charge < -0.3 is 15.6 Å². The van der Waals surface area contributed by atoms with Gasteiger partial charge in [0.1, 0.15) is 10.8 Å². The standard InChI is InChI=1S/C13H15FN4S/c1-9(7-18-5-4-16-8-18)17-12-3-2-10(13(15)19)6-11(12)14/h2-6,8-9,17H,7H2,1H3,(H2,15,19). The second-order valence-electron chi connectivity index (χ2n) is 4.36. The Balaban J connectivity index is 2.04. The second-order valence-corrected chi connectivity index (χ2v) is 4.80. The predicted octanol–water partition coefficient (Wildman–Crippen LogP) is 2.16. The van der Waals surface area contributed by atoms with Crippen LogP contribution in [0.5, 0.6) is 0 Å². The van der Waals surface area contributed by atoms with Gasteiger partial charge in [-0.15, -0.1) is 0 Å². The lowest BCUT2D eigenvalue weighted by atomic mass is 10.2. The van der Waals surface area contributed by atoms with Crippen LogP contribution in [0.15, 0.2) is 36.9 Å². The molecule has 0 aliphatic heterocycles. The normalized spacial score (nSPS) is 12.1. The van der Waals surface area contributed by atoms with E-state index in [-0.39, 0.29) is 16.8 Å². The van der Waals surface area contributed by atoms with Crippen molar-refractivity contribution < 1.29 is 4.39 Å². The Morgan fingerprint density at radius 3 is 2.95 bits per heavy atom. The zero-order valence-corrected chi connectivity index (χ0v) is 11.3. The maximum absolute atomic E-state index is 13.9. The van der Waals surface area contributed by atoms with E-state index in [1.807, 2.05) is 17.7 Å². The highest BCUT2D eigenvalue weighted by Gasteiger charge is 2.08. The van der Waals surface area contributed by atoms with E-state index in [4.69, 9.17) is 18.0 Å². The number of thiocarbonyl (C=S) groups is 1. The van der Waals surface area contributed by atoms with E-state index in [1.165, 1.54) is 6.07 Å². The molecule has 1 unspecified atom stereocenters. The SMILES string of the molecule is CC(Cn1ccnc1)Nc1ccc(C(N)=S)cc1F. The van der Waals surface area contributed by atoms with Crippen LogP contribution in [0.1, 0.15) is 12.5 Å². The highest BCUT2D eigenvalue weighted by Crippen LogP contribution is 2.17. The van der Waals surface area contributed by atoms with Crippen LogP contribution >= 0.6 is 12.2 Å². The summed E-state index contributed by atoms with van der Waals surface area (Å²) in [5.74, 6) is -0.359. The number of nitrogens with two attached hydrogens (primary N) is 1. The summed E-state index contributed by atoms with van der Waals surface area (Å²) in [6.45, 7) is 2.68. The van der Waals surface area contributed by atoms with Crippen molar-refractivity contribution in [2.24, 2.45) is 5.73 Å². The molecule has 0 spiro atoms. The van der Waals surface area contributed by atoms with Crippen molar-refractivity contribution in [3.05, 3.63) is 48.3 Å². The molecule has 100 valence electrons. The number of imidazole rings is 1. The van der Waals surface area contributed by atoms with Crippen LogP contribution in [0.25, 0.3) is 0 Å². The fraction of sp³-hybridized carbons (Fsp3) is 0.231. The minimum atomic E-state index is -0.359. The summed E-state index contributed by atoms with van der Waals surface area (Å²) in [6, 6.07) is 4.76. The number of benzene rings is 1. The molecule has 0 aliphatic rings. The monoisotopic (exact) mass is 278 g/mol. The average molecular weight is 278 g/mol. The highest BCUT2D eigenvalue weighted by atomic mass is 32.1. The van der Waals surface area contributed by atoms with Crippen LogP contribution in [-0.4, -0.2) is 20.6 Å². The van der Waals surface area contributed by atoms with Gasteiger partial charge in [-0.05, 0) is 25.1 Å². The molecule has 19 heavy (non-hydrogen) atoms. The Morgan fingerprint density at radius 1 is 1.58 bits per heavy atom. The fourth-order valence-electron chi connectivity index (χ4n) is 1.81. The van der Waals surface area contributed by atoms with E-state index < -0.39 is 0 Å². The molecule has 3 N–H and O–H groups in total. The third-order valence-electron chi connectivity index (χ3n) is 2.70. The highest BCUT2D eigenvalue weighted by molar-refractivity contribution is 7.80. The summed E-state index contributed by atoms with van der Waals surface area (Å²) in [4.78, 5) is 4.16. The maximum atomic E-state index is 13.9. The van der Waals surface area contributed by atoms with Gasteiger partial charge in [-0.25, -0.2) is 9.37 Å². The van der Waals surface area contributed by atoms with Crippen LogP contribution in [0.4, 0.5) is 10.1 Å². The Morgan fingerprint density at radius 2 is 2.37 bits per heavy atom. The van der Waals surface area contributed by atoms with Crippen molar-refractivity contribution in [2.45, 2.75) is 19.5 Å². The molecule has 0 saturated heterocycles. The van der Waals surface area contributed by atoms with Gasteiger partial charge in [0, 0.05) is 30.5 Å². The number of rotatable bonds is 5. The molecule has 1 aromatic heterocycles. The van der Waals surface area contributed by atoms with Gasteiger partial charge in [0.05, 0.1) is 12.0 Å². The lowest BCUT2D eigenvalue weighted by molar-refractivity contribution is 0.599. The zero-order valence-electron chi connectivity index (χ0n) is 10.5. The van der Waals surface area contributed by atoms with Crippen LogP contribution in [-0.2, 0) is 6.54 Å². The maximum Gasteiger partial charge on any atom is 0.146 e. The molecular formula is C13H15FN4S. The Kier molecular flexibility index (Phi) is 4.11. The van der Waals surface area contributed by atoms with Crippen LogP contribution in [0, 0.1) is 5.82 Å². The van der Waals surface area contributed by atoms with Crippen molar-refractivity contribution in [3.8, 4) is 0 Å². The molecule has 1 aromatic carbocycles. The lowest BCUT2D eigenvalue weighted by Gasteiger charge is -2.16. The first kappa shape index (κ1) is 13.5. The van der Waals surface area contributed by atoms with Gasteiger partial charge in [-0.3, -0.25) is 0 Å². The van der Waals surface area contributed by atoms with Gasteiger partial charge in [0.15, 0.2) is 0 Å². The topological polar surface area (TPSA) is 55.9 Å². The summed E-state index contributed by atoms with van der Waals surface area (Å²) < 4.78 is 15.8. The minimum Gasteiger partial charge on any atom is -0.389 e. The van der Waals surface area contributed by atoms with Gasteiger partial charge in [0.25, 0.3) is 0 Å². The van der Waals surface area contributed by atoms with Gasteiger partial charge >= 0.3 is 0 Å². The average Bonchev–Trinajstić information content (AvgIpc) is 2.84. The molecule has 0 bridgehead atoms. The Bertz CT molecular complexity index is 568. The van der Waals surface area contributed by atoms with Crippen LogP contribution in [0.3, 0.4) is 0 Å². The van der Waals surface area contributed by atoms with Crippen molar-refractivity contribution >= 4 is 22.9 Å². The molecule has 0 amide bonds. The molecule has 4 nitrogen and oxygen atoms in total. The first-order valence-corrected chi connectivity index (χ1v) is 6.28. The van der Waals surface area contributed by atoms with Crippen molar-refractivity contribution in [2.75, 3.05) is 5.32 Å². The lowest BCUT2D eigenvalue weighted by Crippen LogP contribution is -2.22.